The van der Waals surface area contributed by atoms with E-state index in [2.05, 4.69) is 16.0 Å². The van der Waals surface area contributed by atoms with Crippen LogP contribution in [0.5, 0.6) is 0 Å². The van der Waals surface area contributed by atoms with Crippen LogP contribution in [0.4, 0.5) is 10.5 Å². The first-order chi connectivity index (χ1) is 9.10. The van der Waals surface area contributed by atoms with E-state index in [0.717, 1.165) is 0 Å². The maximum atomic E-state index is 11.7. The molecule has 3 amide bonds. The summed E-state index contributed by atoms with van der Waals surface area (Å²) in [6.07, 6.45) is 2.39. The molecule has 0 aromatic heterocycles. The van der Waals surface area contributed by atoms with Gasteiger partial charge in [0.1, 0.15) is 0 Å². The van der Waals surface area contributed by atoms with Gasteiger partial charge in [-0.1, -0.05) is 0 Å². The lowest BCUT2D eigenvalue weighted by Gasteiger charge is -2.13. The SMILES string of the molecule is CNC(=O)c1ccc(NC(=O)NC(C)C2CC2)cc1. The van der Waals surface area contributed by atoms with Crippen molar-refractivity contribution in [1.29, 1.82) is 0 Å². The average molecular weight is 261 g/mol. The van der Waals surface area contributed by atoms with Crippen molar-refractivity contribution in [3.63, 3.8) is 0 Å². The zero-order valence-electron chi connectivity index (χ0n) is 11.2. The highest BCUT2D eigenvalue weighted by Crippen LogP contribution is 2.32. The van der Waals surface area contributed by atoms with Gasteiger partial charge in [0.15, 0.2) is 0 Å². The number of hydrogen-bond donors (Lipinski definition) is 3. The van der Waals surface area contributed by atoms with E-state index < -0.39 is 0 Å². The third-order valence-electron chi connectivity index (χ3n) is 3.32. The number of carbonyl (C=O) groups excluding carboxylic acids is 2. The molecule has 102 valence electrons. The number of rotatable bonds is 4. The van der Waals surface area contributed by atoms with Crippen LogP contribution in [0.2, 0.25) is 0 Å². The molecule has 1 aliphatic carbocycles. The normalized spacial score (nSPS) is 15.5. The van der Waals surface area contributed by atoms with Gasteiger partial charge in [-0.3, -0.25) is 4.79 Å². The maximum absolute atomic E-state index is 11.7. The molecule has 1 aromatic rings. The maximum Gasteiger partial charge on any atom is 0.319 e. The van der Waals surface area contributed by atoms with Crippen LogP contribution in [0.1, 0.15) is 30.1 Å². The van der Waals surface area contributed by atoms with E-state index in [1.54, 1.807) is 31.3 Å². The number of carbonyl (C=O) groups is 2. The Bertz CT molecular complexity index is 466. The Hall–Kier alpha value is -2.04. The van der Waals surface area contributed by atoms with Gasteiger partial charge in [-0.15, -0.1) is 0 Å². The summed E-state index contributed by atoms with van der Waals surface area (Å²) in [7, 11) is 1.58. The van der Waals surface area contributed by atoms with E-state index in [4.69, 9.17) is 0 Å². The first kappa shape index (κ1) is 13.4. The molecule has 0 heterocycles. The molecule has 1 fully saturated rings. The van der Waals surface area contributed by atoms with Gasteiger partial charge in [-0.25, -0.2) is 4.79 Å². The summed E-state index contributed by atoms with van der Waals surface area (Å²) in [5.74, 6) is 0.486. The lowest BCUT2D eigenvalue weighted by Crippen LogP contribution is -2.37. The molecule has 1 aliphatic rings. The minimum Gasteiger partial charge on any atom is -0.355 e. The van der Waals surface area contributed by atoms with Crippen LogP contribution in [0.3, 0.4) is 0 Å². The third kappa shape index (κ3) is 3.71. The fraction of sp³-hybridized carbons (Fsp3) is 0.429. The van der Waals surface area contributed by atoms with E-state index >= 15 is 0 Å². The number of urea groups is 1. The van der Waals surface area contributed by atoms with Crippen molar-refractivity contribution >= 4 is 17.6 Å². The number of hydrogen-bond acceptors (Lipinski definition) is 2. The minimum atomic E-state index is -0.202. The summed E-state index contributed by atoms with van der Waals surface area (Å²) >= 11 is 0. The summed E-state index contributed by atoms with van der Waals surface area (Å²) in [6, 6.07) is 6.80. The third-order valence-corrected chi connectivity index (χ3v) is 3.32. The van der Waals surface area contributed by atoms with Gasteiger partial charge in [0, 0.05) is 24.3 Å². The van der Waals surface area contributed by atoms with Gasteiger partial charge in [-0.05, 0) is 49.9 Å². The molecule has 0 bridgehead atoms. The van der Waals surface area contributed by atoms with Crippen LogP contribution in [0, 0.1) is 5.92 Å². The van der Waals surface area contributed by atoms with Crippen LogP contribution in [0.25, 0.3) is 0 Å². The fourth-order valence-corrected chi connectivity index (χ4v) is 1.94. The summed E-state index contributed by atoms with van der Waals surface area (Å²) in [5, 5.41) is 8.22. The van der Waals surface area contributed by atoms with Gasteiger partial charge in [0.25, 0.3) is 5.91 Å². The van der Waals surface area contributed by atoms with E-state index in [0.29, 0.717) is 17.2 Å². The molecule has 19 heavy (non-hydrogen) atoms. The second-order valence-corrected chi connectivity index (χ2v) is 4.88. The molecule has 2 rings (SSSR count). The van der Waals surface area contributed by atoms with Crippen molar-refractivity contribution < 1.29 is 9.59 Å². The Balaban J connectivity index is 1.88. The Morgan fingerprint density at radius 3 is 2.37 bits per heavy atom. The quantitative estimate of drug-likeness (QED) is 0.775. The zero-order valence-corrected chi connectivity index (χ0v) is 11.2. The van der Waals surface area contributed by atoms with Gasteiger partial charge in [0.2, 0.25) is 0 Å². The van der Waals surface area contributed by atoms with Crippen molar-refractivity contribution in [3.05, 3.63) is 29.8 Å². The molecular formula is C14H19N3O2. The second kappa shape index (κ2) is 5.73. The Kier molecular flexibility index (Phi) is 4.04. The van der Waals surface area contributed by atoms with Crippen LogP contribution >= 0.6 is 0 Å². The van der Waals surface area contributed by atoms with Crippen molar-refractivity contribution in [2.45, 2.75) is 25.8 Å². The minimum absolute atomic E-state index is 0.140. The highest BCUT2D eigenvalue weighted by atomic mass is 16.2. The molecule has 5 nitrogen and oxygen atoms in total. The van der Waals surface area contributed by atoms with Crippen molar-refractivity contribution in [3.8, 4) is 0 Å². The predicted molar refractivity (Wildman–Crippen MR) is 74.2 cm³/mol. The fourth-order valence-electron chi connectivity index (χ4n) is 1.94. The van der Waals surface area contributed by atoms with Crippen LogP contribution < -0.4 is 16.0 Å². The molecule has 0 spiro atoms. The topological polar surface area (TPSA) is 70.2 Å². The zero-order chi connectivity index (χ0) is 13.8. The Labute approximate surface area is 112 Å². The monoisotopic (exact) mass is 261 g/mol. The predicted octanol–water partition coefficient (Wildman–Crippen LogP) is 1.97. The van der Waals surface area contributed by atoms with Crippen molar-refractivity contribution in [2.24, 2.45) is 5.92 Å². The largest absolute Gasteiger partial charge is 0.355 e. The van der Waals surface area contributed by atoms with E-state index in [1.807, 2.05) is 6.92 Å². The average Bonchev–Trinajstić information content (AvgIpc) is 3.22. The standard InChI is InChI=1S/C14H19N3O2/c1-9(10-3-4-10)16-14(19)17-12-7-5-11(6-8-12)13(18)15-2/h5-10H,3-4H2,1-2H3,(H,15,18)(H2,16,17,19). The number of amides is 3. The molecule has 0 saturated heterocycles. The molecule has 1 unspecified atom stereocenters. The van der Waals surface area contributed by atoms with E-state index in [-0.39, 0.29) is 18.0 Å². The summed E-state index contributed by atoms with van der Waals surface area (Å²) in [5.41, 5.74) is 1.24. The van der Waals surface area contributed by atoms with Gasteiger partial charge in [-0.2, -0.15) is 0 Å². The lowest BCUT2D eigenvalue weighted by atomic mass is 10.2. The molecule has 3 N–H and O–H groups in total. The lowest BCUT2D eigenvalue weighted by molar-refractivity contribution is 0.0963. The summed E-state index contributed by atoms with van der Waals surface area (Å²) < 4.78 is 0. The smallest absolute Gasteiger partial charge is 0.319 e. The molecule has 1 saturated carbocycles. The highest BCUT2D eigenvalue weighted by Gasteiger charge is 2.28. The van der Waals surface area contributed by atoms with Crippen LogP contribution in [-0.2, 0) is 0 Å². The first-order valence-electron chi connectivity index (χ1n) is 6.50. The van der Waals surface area contributed by atoms with Crippen molar-refractivity contribution in [2.75, 3.05) is 12.4 Å². The Morgan fingerprint density at radius 1 is 1.21 bits per heavy atom. The van der Waals surface area contributed by atoms with Gasteiger partial charge >= 0.3 is 6.03 Å². The first-order valence-corrected chi connectivity index (χ1v) is 6.50. The van der Waals surface area contributed by atoms with E-state index in [1.165, 1.54) is 12.8 Å². The summed E-state index contributed by atoms with van der Waals surface area (Å²) in [6.45, 7) is 2.02. The van der Waals surface area contributed by atoms with Gasteiger partial charge in [0.05, 0.1) is 0 Å². The molecule has 1 aromatic carbocycles. The molecule has 1 atom stereocenters. The number of benzene rings is 1. The second-order valence-electron chi connectivity index (χ2n) is 4.88. The number of anilines is 1. The van der Waals surface area contributed by atoms with Crippen LogP contribution in [0.15, 0.2) is 24.3 Å². The van der Waals surface area contributed by atoms with Crippen LogP contribution in [-0.4, -0.2) is 25.0 Å². The molecular weight excluding hydrogens is 242 g/mol. The number of nitrogens with one attached hydrogen (secondary N) is 3. The molecule has 0 aliphatic heterocycles. The highest BCUT2D eigenvalue weighted by molar-refractivity contribution is 5.95. The molecule has 0 radical (unpaired) electrons. The van der Waals surface area contributed by atoms with E-state index in [9.17, 15) is 9.59 Å². The Morgan fingerprint density at radius 2 is 1.84 bits per heavy atom. The van der Waals surface area contributed by atoms with Crippen molar-refractivity contribution in [1.82, 2.24) is 10.6 Å². The summed E-state index contributed by atoms with van der Waals surface area (Å²) in [4.78, 5) is 23.1. The molecule has 5 heteroatoms. The van der Waals surface area contributed by atoms with Gasteiger partial charge < -0.3 is 16.0 Å².